The first kappa shape index (κ1) is 13.4. The summed E-state index contributed by atoms with van der Waals surface area (Å²) in [6.07, 6.45) is 0. The number of nitrogens with zero attached hydrogens (tertiary/aromatic N) is 2. The number of esters is 1. The first-order valence-electron chi connectivity index (χ1n) is 5.75. The lowest BCUT2D eigenvalue weighted by Crippen LogP contribution is -2.04. The predicted octanol–water partition coefficient (Wildman–Crippen LogP) is 1.86. The number of benzene rings is 1. The van der Waals surface area contributed by atoms with Gasteiger partial charge in [-0.05, 0) is 24.6 Å². The number of rotatable bonds is 5. The van der Waals surface area contributed by atoms with Gasteiger partial charge in [-0.25, -0.2) is 9.89 Å². The van der Waals surface area contributed by atoms with Gasteiger partial charge in [0, 0.05) is 5.75 Å². The number of hydrogen-bond donors (Lipinski definition) is 2. The van der Waals surface area contributed by atoms with E-state index < -0.39 is 0 Å². The first-order valence-corrected chi connectivity index (χ1v) is 6.74. The number of H-pyrrole nitrogens is 1. The zero-order valence-corrected chi connectivity index (χ0v) is 11.2. The van der Waals surface area contributed by atoms with Crippen LogP contribution in [0.5, 0.6) is 0 Å². The van der Waals surface area contributed by atoms with E-state index in [0.717, 1.165) is 5.56 Å². The Morgan fingerprint density at radius 2 is 2.16 bits per heavy atom. The summed E-state index contributed by atoms with van der Waals surface area (Å²) in [6, 6.07) is 7.27. The minimum Gasteiger partial charge on any atom is -0.462 e. The molecular formula is C12H14N4O2S. The van der Waals surface area contributed by atoms with Crippen LogP contribution in [0.25, 0.3) is 0 Å². The fraction of sp³-hybridized carbons (Fsp3) is 0.250. The number of carbonyl (C=O) groups excluding carboxylic acids is 1. The molecule has 0 fully saturated rings. The van der Waals surface area contributed by atoms with Crippen LogP contribution in [0.1, 0.15) is 22.8 Å². The minimum absolute atomic E-state index is 0.302. The van der Waals surface area contributed by atoms with Crippen molar-refractivity contribution < 1.29 is 9.53 Å². The monoisotopic (exact) mass is 278 g/mol. The molecule has 0 bridgehead atoms. The lowest BCUT2D eigenvalue weighted by Gasteiger charge is -2.03. The SMILES string of the molecule is CCOC(=O)c1ccc(CSc2n[nH]c(N)n2)cc1. The second-order valence-electron chi connectivity index (χ2n) is 3.71. The Morgan fingerprint density at radius 1 is 1.42 bits per heavy atom. The predicted molar refractivity (Wildman–Crippen MR) is 72.8 cm³/mol. The van der Waals surface area contributed by atoms with E-state index in [-0.39, 0.29) is 5.97 Å². The molecule has 0 unspecified atom stereocenters. The van der Waals surface area contributed by atoms with Gasteiger partial charge in [-0.1, -0.05) is 23.9 Å². The van der Waals surface area contributed by atoms with E-state index in [1.54, 1.807) is 19.1 Å². The molecule has 0 atom stereocenters. The highest BCUT2D eigenvalue weighted by molar-refractivity contribution is 7.98. The van der Waals surface area contributed by atoms with Gasteiger partial charge in [0.15, 0.2) is 0 Å². The Morgan fingerprint density at radius 3 is 2.74 bits per heavy atom. The highest BCUT2D eigenvalue weighted by Crippen LogP contribution is 2.19. The van der Waals surface area contributed by atoms with E-state index in [1.807, 2.05) is 12.1 Å². The molecule has 0 spiro atoms. The molecule has 19 heavy (non-hydrogen) atoms. The van der Waals surface area contributed by atoms with E-state index in [4.69, 9.17) is 10.5 Å². The third-order valence-corrected chi connectivity index (χ3v) is 3.23. The summed E-state index contributed by atoms with van der Waals surface area (Å²) >= 11 is 1.47. The van der Waals surface area contributed by atoms with E-state index in [9.17, 15) is 4.79 Å². The van der Waals surface area contributed by atoms with Crippen molar-refractivity contribution in [1.29, 1.82) is 0 Å². The second kappa shape index (κ2) is 6.24. The lowest BCUT2D eigenvalue weighted by molar-refractivity contribution is 0.0526. The number of nitrogen functional groups attached to an aromatic ring is 1. The third kappa shape index (κ3) is 3.72. The van der Waals surface area contributed by atoms with Crippen LogP contribution in [0, 0.1) is 0 Å². The van der Waals surface area contributed by atoms with Gasteiger partial charge in [0.25, 0.3) is 0 Å². The van der Waals surface area contributed by atoms with Crippen LogP contribution < -0.4 is 5.73 Å². The summed E-state index contributed by atoms with van der Waals surface area (Å²) in [6.45, 7) is 2.16. The van der Waals surface area contributed by atoms with Crippen LogP contribution in [-0.4, -0.2) is 27.8 Å². The average Bonchev–Trinajstić information content (AvgIpc) is 2.83. The van der Waals surface area contributed by atoms with Gasteiger partial charge < -0.3 is 10.5 Å². The molecule has 0 aliphatic rings. The van der Waals surface area contributed by atoms with Crippen LogP contribution >= 0.6 is 11.8 Å². The number of ether oxygens (including phenoxy) is 1. The van der Waals surface area contributed by atoms with E-state index in [0.29, 0.717) is 29.0 Å². The number of carbonyl (C=O) groups is 1. The zero-order valence-electron chi connectivity index (χ0n) is 10.4. The van der Waals surface area contributed by atoms with Crippen molar-refractivity contribution in [1.82, 2.24) is 15.2 Å². The van der Waals surface area contributed by atoms with Gasteiger partial charge in [0.2, 0.25) is 11.1 Å². The molecule has 0 aliphatic heterocycles. The fourth-order valence-corrected chi connectivity index (χ4v) is 2.18. The zero-order chi connectivity index (χ0) is 13.7. The van der Waals surface area contributed by atoms with Crippen molar-refractivity contribution in [3.8, 4) is 0 Å². The van der Waals surface area contributed by atoms with Crippen LogP contribution in [0.4, 0.5) is 5.95 Å². The molecule has 1 aromatic heterocycles. The van der Waals surface area contributed by atoms with Crippen LogP contribution in [-0.2, 0) is 10.5 Å². The summed E-state index contributed by atoms with van der Waals surface area (Å²) in [7, 11) is 0. The molecule has 2 aromatic rings. The number of hydrogen-bond acceptors (Lipinski definition) is 6. The largest absolute Gasteiger partial charge is 0.462 e. The summed E-state index contributed by atoms with van der Waals surface area (Å²) < 4.78 is 4.92. The first-order chi connectivity index (χ1) is 9.19. The second-order valence-corrected chi connectivity index (χ2v) is 4.65. The van der Waals surface area contributed by atoms with Gasteiger partial charge in [0.05, 0.1) is 12.2 Å². The maximum Gasteiger partial charge on any atom is 0.338 e. The van der Waals surface area contributed by atoms with Gasteiger partial charge >= 0.3 is 5.97 Å². The smallest absolute Gasteiger partial charge is 0.338 e. The lowest BCUT2D eigenvalue weighted by atomic mass is 10.1. The Labute approximate surface area is 114 Å². The summed E-state index contributed by atoms with van der Waals surface area (Å²) in [5.74, 6) is 0.712. The molecule has 0 saturated carbocycles. The quantitative estimate of drug-likeness (QED) is 0.640. The van der Waals surface area contributed by atoms with Gasteiger partial charge in [-0.3, -0.25) is 0 Å². The number of aromatic amines is 1. The Balaban J connectivity index is 1.93. The molecule has 6 nitrogen and oxygen atoms in total. The maximum atomic E-state index is 11.5. The minimum atomic E-state index is -0.302. The molecule has 2 rings (SSSR count). The molecule has 0 amide bonds. The highest BCUT2D eigenvalue weighted by Gasteiger charge is 2.06. The summed E-state index contributed by atoms with van der Waals surface area (Å²) in [5.41, 5.74) is 7.06. The number of nitrogens with two attached hydrogens (primary N) is 1. The highest BCUT2D eigenvalue weighted by atomic mass is 32.2. The van der Waals surface area contributed by atoms with Crippen molar-refractivity contribution in [2.45, 2.75) is 17.8 Å². The Kier molecular flexibility index (Phi) is 4.40. The molecule has 0 radical (unpaired) electrons. The van der Waals surface area contributed by atoms with Crippen LogP contribution in [0.2, 0.25) is 0 Å². The van der Waals surface area contributed by atoms with E-state index in [1.165, 1.54) is 11.8 Å². The summed E-state index contributed by atoms with van der Waals surface area (Å²) in [4.78, 5) is 15.5. The van der Waals surface area contributed by atoms with Crippen molar-refractivity contribution in [2.75, 3.05) is 12.3 Å². The van der Waals surface area contributed by atoms with Gasteiger partial charge in [-0.2, -0.15) is 4.98 Å². The van der Waals surface area contributed by atoms with Gasteiger partial charge in [0.1, 0.15) is 0 Å². The number of nitrogens with one attached hydrogen (secondary N) is 1. The normalized spacial score (nSPS) is 10.4. The molecule has 1 heterocycles. The fourth-order valence-electron chi connectivity index (χ4n) is 1.42. The van der Waals surface area contributed by atoms with Crippen LogP contribution in [0.15, 0.2) is 29.4 Å². The van der Waals surface area contributed by atoms with Crippen molar-refractivity contribution in [3.63, 3.8) is 0 Å². The van der Waals surface area contributed by atoms with Crippen molar-refractivity contribution >= 4 is 23.7 Å². The molecule has 1 aromatic carbocycles. The van der Waals surface area contributed by atoms with Crippen LogP contribution in [0.3, 0.4) is 0 Å². The number of thioether (sulfide) groups is 1. The average molecular weight is 278 g/mol. The Hall–Kier alpha value is -2.02. The van der Waals surface area contributed by atoms with E-state index >= 15 is 0 Å². The summed E-state index contributed by atoms with van der Waals surface area (Å²) in [5, 5.41) is 7.11. The van der Waals surface area contributed by atoms with E-state index in [2.05, 4.69) is 15.2 Å². The standard InChI is InChI=1S/C12H14N4O2S/c1-2-18-10(17)9-5-3-8(4-6-9)7-19-12-14-11(13)15-16-12/h3-6H,2,7H2,1H3,(H3,13,14,15,16). The molecule has 0 aliphatic carbocycles. The molecular weight excluding hydrogens is 264 g/mol. The van der Waals surface area contributed by atoms with Crippen molar-refractivity contribution in [3.05, 3.63) is 35.4 Å². The topological polar surface area (TPSA) is 93.9 Å². The van der Waals surface area contributed by atoms with Crippen molar-refractivity contribution in [2.24, 2.45) is 0 Å². The molecule has 0 saturated heterocycles. The number of anilines is 1. The molecule has 3 N–H and O–H groups in total. The maximum absolute atomic E-state index is 11.5. The third-order valence-electron chi connectivity index (χ3n) is 2.32. The Bertz CT molecular complexity index is 553. The molecule has 100 valence electrons. The van der Waals surface area contributed by atoms with Gasteiger partial charge in [-0.15, -0.1) is 5.10 Å². The number of aromatic nitrogens is 3. The molecule has 7 heteroatoms.